The van der Waals surface area contributed by atoms with E-state index in [1.54, 1.807) is 29.7 Å². The van der Waals surface area contributed by atoms with Gasteiger partial charge in [0.15, 0.2) is 0 Å². The molecule has 0 aromatic heterocycles. The number of methoxy groups -OCH3 is 1. The summed E-state index contributed by atoms with van der Waals surface area (Å²) in [5, 5.41) is 0. The Kier molecular flexibility index (Phi) is 5.84. The zero-order valence-electron chi connectivity index (χ0n) is 15.3. The molecule has 1 fully saturated rings. The lowest BCUT2D eigenvalue weighted by Crippen LogP contribution is -2.33. The monoisotopic (exact) mass is 373 g/mol. The van der Waals surface area contributed by atoms with Gasteiger partial charge >= 0.3 is 5.97 Å². The third kappa shape index (κ3) is 3.71. The Labute approximate surface area is 158 Å². The number of amides is 1. The molecule has 0 spiro atoms. The highest BCUT2D eigenvalue weighted by Gasteiger charge is 2.38. The number of thioether (sulfide) groups is 1. The van der Waals surface area contributed by atoms with Crippen molar-refractivity contribution < 1.29 is 19.1 Å². The average molecular weight is 373 g/mol. The molecule has 2 aliphatic heterocycles. The molecule has 2 heterocycles. The van der Waals surface area contributed by atoms with Gasteiger partial charge in [0.1, 0.15) is 0 Å². The van der Waals surface area contributed by atoms with Crippen LogP contribution in [0.15, 0.2) is 46.0 Å². The molecule has 1 aromatic carbocycles. The molecule has 3 rings (SSSR count). The van der Waals surface area contributed by atoms with E-state index < -0.39 is 5.97 Å². The summed E-state index contributed by atoms with van der Waals surface area (Å²) in [5.41, 5.74) is 2.22. The second kappa shape index (κ2) is 8.10. The largest absolute Gasteiger partial charge is 0.465 e. The van der Waals surface area contributed by atoms with Gasteiger partial charge in [0.2, 0.25) is 0 Å². The standard InChI is InChI=1S/C20H23NO4S/c1-13-18(20(23)24-2)17(11-14-6-8-16(26-3)9-7-14)19(22)21(13)12-15-5-4-10-25-15/h6-9,11,15H,4-5,10,12H2,1-3H3/b17-11-/t15-/m0/s1. The molecular formula is C20H23NO4S. The van der Waals surface area contributed by atoms with Gasteiger partial charge in [-0.25, -0.2) is 4.79 Å². The van der Waals surface area contributed by atoms with Crippen molar-refractivity contribution in [1.29, 1.82) is 0 Å². The number of benzene rings is 1. The summed E-state index contributed by atoms with van der Waals surface area (Å²) >= 11 is 1.66. The van der Waals surface area contributed by atoms with E-state index in [2.05, 4.69) is 0 Å². The molecule has 138 valence electrons. The smallest absolute Gasteiger partial charge is 0.340 e. The van der Waals surface area contributed by atoms with Crippen molar-refractivity contribution in [2.24, 2.45) is 0 Å². The van der Waals surface area contributed by atoms with Gasteiger partial charge in [-0.15, -0.1) is 11.8 Å². The highest BCUT2D eigenvalue weighted by molar-refractivity contribution is 7.98. The molecule has 0 radical (unpaired) electrons. The lowest BCUT2D eigenvalue weighted by atomic mass is 10.0. The van der Waals surface area contributed by atoms with E-state index in [0.29, 0.717) is 23.4 Å². The van der Waals surface area contributed by atoms with Crippen LogP contribution in [0.2, 0.25) is 0 Å². The number of allylic oxidation sites excluding steroid dienone is 1. The first kappa shape index (κ1) is 18.7. The first-order valence-electron chi connectivity index (χ1n) is 8.64. The lowest BCUT2D eigenvalue weighted by Gasteiger charge is -2.21. The third-order valence-corrected chi connectivity index (χ3v) is 5.48. The summed E-state index contributed by atoms with van der Waals surface area (Å²) in [4.78, 5) is 28.1. The van der Waals surface area contributed by atoms with Crippen LogP contribution in [-0.2, 0) is 19.1 Å². The second-order valence-electron chi connectivity index (χ2n) is 6.33. The average Bonchev–Trinajstić information content (AvgIpc) is 3.25. The molecule has 5 nitrogen and oxygen atoms in total. The van der Waals surface area contributed by atoms with Crippen LogP contribution >= 0.6 is 11.8 Å². The molecule has 0 bridgehead atoms. The molecular weight excluding hydrogens is 350 g/mol. The molecule has 1 saturated heterocycles. The minimum absolute atomic E-state index is 0.0213. The number of esters is 1. The number of carbonyl (C=O) groups excluding carboxylic acids is 2. The summed E-state index contributed by atoms with van der Waals surface area (Å²) in [6.45, 7) is 2.98. The molecule has 0 N–H and O–H groups in total. The normalized spacial score (nSPS) is 21.8. The van der Waals surface area contributed by atoms with E-state index >= 15 is 0 Å². The minimum Gasteiger partial charge on any atom is -0.465 e. The van der Waals surface area contributed by atoms with Crippen molar-refractivity contribution in [3.05, 3.63) is 46.7 Å². The fourth-order valence-corrected chi connectivity index (χ4v) is 3.71. The topological polar surface area (TPSA) is 55.8 Å². The molecule has 26 heavy (non-hydrogen) atoms. The summed E-state index contributed by atoms with van der Waals surface area (Å²) in [6, 6.07) is 7.88. The molecule has 1 atom stereocenters. The number of carbonyl (C=O) groups is 2. The van der Waals surface area contributed by atoms with Crippen LogP contribution in [0.5, 0.6) is 0 Å². The molecule has 0 unspecified atom stereocenters. The van der Waals surface area contributed by atoms with Crippen molar-refractivity contribution in [3.63, 3.8) is 0 Å². The maximum absolute atomic E-state index is 13.0. The number of nitrogens with zero attached hydrogens (tertiary/aromatic N) is 1. The molecule has 0 aliphatic carbocycles. The van der Waals surface area contributed by atoms with Gasteiger partial charge in [0, 0.05) is 17.2 Å². The van der Waals surface area contributed by atoms with Crippen LogP contribution in [0.25, 0.3) is 6.08 Å². The van der Waals surface area contributed by atoms with Crippen molar-refractivity contribution in [3.8, 4) is 0 Å². The Morgan fingerprint density at radius 1 is 1.38 bits per heavy atom. The summed E-state index contributed by atoms with van der Waals surface area (Å²) in [5.74, 6) is -0.662. The van der Waals surface area contributed by atoms with Gasteiger partial charge < -0.3 is 14.4 Å². The van der Waals surface area contributed by atoms with Crippen LogP contribution in [0.1, 0.15) is 25.3 Å². The number of rotatable bonds is 5. The quantitative estimate of drug-likeness (QED) is 0.450. The maximum Gasteiger partial charge on any atom is 0.340 e. The van der Waals surface area contributed by atoms with E-state index in [1.165, 1.54) is 7.11 Å². The molecule has 6 heteroatoms. The van der Waals surface area contributed by atoms with Crippen molar-refractivity contribution >= 4 is 29.7 Å². The Hall–Kier alpha value is -2.05. The molecule has 1 aromatic rings. The fraction of sp³-hybridized carbons (Fsp3) is 0.400. The predicted molar refractivity (Wildman–Crippen MR) is 102 cm³/mol. The van der Waals surface area contributed by atoms with E-state index in [9.17, 15) is 9.59 Å². The van der Waals surface area contributed by atoms with Crippen LogP contribution in [0.3, 0.4) is 0 Å². The van der Waals surface area contributed by atoms with Crippen LogP contribution in [0.4, 0.5) is 0 Å². The van der Waals surface area contributed by atoms with E-state index in [0.717, 1.165) is 29.9 Å². The van der Waals surface area contributed by atoms with E-state index in [-0.39, 0.29) is 12.0 Å². The fourth-order valence-electron chi connectivity index (χ4n) is 3.31. The highest BCUT2D eigenvalue weighted by atomic mass is 32.2. The van der Waals surface area contributed by atoms with E-state index in [4.69, 9.17) is 9.47 Å². The molecule has 0 saturated carbocycles. The lowest BCUT2D eigenvalue weighted by molar-refractivity contribution is -0.136. The summed E-state index contributed by atoms with van der Waals surface area (Å²) < 4.78 is 10.6. The Morgan fingerprint density at radius 2 is 2.12 bits per heavy atom. The zero-order chi connectivity index (χ0) is 18.7. The van der Waals surface area contributed by atoms with Crippen LogP contribution in [0, 0.1) is 0 Å². The second-order valence-corrected chi connectivity index (χ2v) is 7.21. The minimum atomic E-state index is -0.488. The van der Waals surface area contributed by atoms with E-state index in [1.807, 2.05) is 30.5 Å². The SMILES string of the molecule is COC(=O)C1=C(C)N(C[C@@H]2CCCO2)C(=O)/C1=C\c1ccc(SC)cc1. The zero-order valence-corrected chi connectivity index (χ0v) is 16.1. The van der Waals surface area contributed by atoms with Crippen LogP contribution < -0.4 is 0 Å². The van der Waals surface area contributed by atoms with Crippen molar-refractivity contribution in [2.45, 2.75) is 30.8 Å². The van der Waals surface area contributed by atoms with Crippen LogP contribution in [-0.4, -0.2) is 49.4 Å². The van der Waals surface area contributed by atoms with Gasteiger partial charge in [0.25, 0.3) is 5.91 Å². The third-order valence-electron chi connectivity index (χ3n) is 4.74. The van der Waals surface area contributed by atoms with Gasteiger partial charge in [-0.2, -0.15) is 0 Å². The van der Waals surface area contributed by atoms with Crippen molar-refractivity contribution in [1.82, 2.24) is 4.90 Å². The summed E-state index contributed by atoms with van der Waals surface area (Å²) in [7, 11) is 1.33. The Bertz CT molecular complexity index is 761. The Balaban J connectivity index is 1.94. The molecule has 2 aliphatic rings. The first-order chi connectivity index (χ1) is 12.5. The number of hydrogen-bond acceptors (Lipinski definition) is 5. The maximum atomic E-state index is 13.0. The van der Waals surface area contributed by atoms with Crippen molar-refractivity contribution in [2.75, 3.05) is 26.5 Å². The van der Waals surface area contributed by atoms with Gasteiger partial charge in [-0.05, 0) is 49.8 Å². The Morgan fingerprint density at radius 3 is 2.69 bits per heavy atom. The first-order valence-corrected chi connectivity index (χ1v) is 9.86. The van der Waals surface area contributed by atoms with Gasteiger partial charge in [0.05, 0.1) is 30.9 Å². The number of ether oxygens (including phenoxy) is 2. The molecule has 1 amide bonds. The van der Waals surface area contributed by atoms with Gasteiger partial charge in [-0.1, -0.05) is 12.1 Å². The highest BCUT2D eigenvalue weighted by Crippen LogP contribution is 2.33. The van der Waals surface area contributed by atoms with Gasteiger partial charge in [-0.3, -0.25) is 4.79 Å². The predicted octanol–water partition coefficient (Wildman–Crippen LogP) is 3.26. The summed E-state index contributed by atoms with van der Waals surface area (Å²) in [6.07, 6.45) is 5.73. The number of hydrogen-bond donors (Lipinski definition) is 0.